The average Bonchev–Trinajstić information content (AvgIpc) is 1.90. The Labute approximate surface area is 60.0 Å². The minimum absolute atomic E-state index is 1.25. The molecule has 0 fully saturated rings. The molecule has 0 spiro atoms. The van der Waals surface area contributed by atoms with Crippen molar-refractivity contribution >= 4 is 0 Å². The van der Waals surface area contributed by atoms with Gasteiger partial charge in [-0.15, -0.1) is 0 Å². The molecule has 0 bridgehead atoms. The number of hydrogen-bond acceptors (Lipinski definition) is 5. The van der Waals surface area contributed by atoms with Crippen LogP contribution in [0.25, 0.3) is 0 Å². The van der Waals surface area contributed by atoms with Crippen molar-refractivity contribution < 1.29 is 14.6 Å². The van der Waals surface area contributed by atoms with Crippen LogP contribution < -0.4 is 5.73 Å². The summed E-state index contributed by atoms with van der Waals surface area (Å²) in [7, 11) is 2.73. The Balaban J connectivity index is 0. The zero-order chi connectivity index (χ0) is 8.62. The Morgan fingerprint density at radius 1 is 1.50 bits per heavy atom. The first kappa shape index (κ1) is 11.9. The van der Waals surface area contributed by atoms with Crippen LogP contribution in [0, 0.1) is 11.5 Å². The van der Waals surface area contributed by atoms with Gasteiger partial charge in [-0.2, -0.15) is 5.26 Å². The highest BCUT2D eigenvalue weighted by Gasteiger charge is 2.15. The summed E-state index contributed by atoms with van der Waals surface area (Å²) >= 11 is 0. The number of hydrogen-bond donors (Lipinski definition) is 2. The number of nitrogens with zero attached hydrogens (tertiary/aromatic N) is 1. The molecule has 0 aliphatic rings. The molecule has 0 radical (unpaired) electrons. The second-order valence-corrected chi connectivity index (χ2v) is 1.44. The van der Waals surface area contributed by atoms with Crippen molar-refractivity contribution in [2.24, 2.45) is 5.73 Å². The predicted molar refractivity (Wildman–Crippen MR) is 34.4 cm³/mol. The summed E-state index contributed by atoms with van der Waals surface area (Å²) in [6, 6.07) is 0. The van der Waals surface area contributed by atoms with Gasteiger partial charge in [-0.1, -0.05) is 0 Å². The lowest BCUT2D eigenvalue weighted by atomic mass is 10.7. The summed E-state index contributed by atoms with van der Waals surface area (Å²) in [5, 5.41) is 15.8. The van der Waals surface area contributed by atoms with Gasteiger partial charge in [0.25, 0.3) is 5.97 Å². The summed E-state index contributed by atoms with van der Waals surface area (Å²) in [5.74, 6) is -1.42. The van der Waals surface area contributed by atoms with Gasteiger partial charge in [0.1, 0.15) is 0 Å². The molecular weight excluding hydrogens is 136 g/mol. The minimum atomic E-state index is -1.42. The van der Waals surface area contributed by atoms with Crippen molar-refractivity contribution in [3.63, 3.8) is 0 Å². The molecule has 10 heavy (non-hydrogen) atoms. The molecule has 5 nitrogen and oxygen atoms in total. The Kier molecular flexibility index (Phi) is 7.49. The van der Waals surface area contributed by atoms with Gasteiger partial charge in [0.05, 0.1) is 0 Å². The molecule has 0 atom stereocenters. The molecule has 0 aliphatic carbocycles. The second kappa shape index (κ2) is 6.29. The van der Waals surface area contributed by atoms with Crippen LogP contribution in [0.3, 0.4) is 0 Å². The lowest BCUT2D eigenvalue weighted by Crippen LogP contribution is -2.28. The van der Waals surface area contributed by atoms with E-state index in [4.69, 9.17) is 10.4 Å². The lowest BCUT2D eigenvalue weighted by Gasteiger charge is -2.17. The lowest BCUT2D eigenvalue weighted by molar-refractivity contribution is -0.326. The summed E-state index contributed by atoms with van der Waals surface area (Å²) in [6.07, 6.45) is 1.25. The van der Waals surface area contributed by atoms with Crippen LogP contribution >= 0.6 is 0 Å². The van der Waals surface area contributed by atoms with Crippen molar-refractivity contribution in [3.8, 4) is 6.19 Å². The van der Waals surface area contributed by atoms with E-state index in [2.05, 4.69) is 15.2 Å². The van der Waals surface area contributed by atoms with Crippen molar-refractivity contribution in [2.45, 2.75) is 12.9 Å². The molecule has 0 amide bonds. The third-order valence-corrected chi connectivity index (χ3v) is 0.757. The number of methoxy groups -OCH3 is 2. The summed E-state index contributed by atoms with van der Waals surface area (Å²) in [6.45, 7) is 1.41. The monoisotopic (exact) mass is 148 g/mol. The normalized spacial score (nSPS) is 9.10. The topological polar surface area (TPSA) is 88.5 Å². The van der Waals surface area contributed by atoms with Gasteiger partial charge in [0.15, 0.2) is 6.19 Å². The van der Waals surface area contributed by atoms with E-state index in [1.165, 1.54) is 27.3 Å². The van der Waals surface area contributed by atoms with Gasteiger partial charge in [-0.05, 0) is 0 Å². The molecule has 3 N–H and O–H groups in total. The molecule has 0 aromatic heterocycles. The van der Waals surface area contributed by atoms with Crippen molar-refractivity contribution in [3.05, 3.63) is 0 Å². The first-order valence-corrected chi connectivity index (χ1v) is 2.46. The van der Waals surface area contributed by atoms with Crippen LogP contribution in [0.5, 0.6) is 0 Å². The summed E-state index contributed by atoms with van der Waals surface area (Å²) in [5.41, 5.74) is 4.15. The van der Waals surface area contributed by atoms with Gasteiger partial charge >= 0.3 is 0 Å². The van der Waals surface area contributed by atoms with E-state index in [-0.39, 0.29) is 0 Å². The number of aliphatic hydroxyl groups is 1. The average molecular weight is 148 g/mol. The maximum absolute atomic E-state index is 8.69. The summed E-state index contributed by atoms with van der Waals surface area (Å²) < 4.78 is 8.84. The quantitative estimate of drug-likeness (QED) is 0.309. The largest absolute Gasteiger partial charge is 0.344 e. The smallest absolute Gasteiger partial charge is 0.276 e. The van der Waals surface area contributed by atoms with E-state index in [1.54, 1.807) is 0 Å². The van der Waals surface area contributed by atoms with Crippen LogP contribution in [-0.4, -0.2) is 25.3 Å². The number of rotatable bonds is 2. The highest BCUT2D eigenvalue weighted by molar-refractivity contribution is 4.46. The predicted octanol–water partition coefficient (Wildman–Crippen LogP) is -0.629. The van der Waals surface area contributed by atoms with E-state index >= 15 is 0 Å². The Bertz CT molecular complexity index is 102. The fourth-order valence-corrected chi connectivity index (χ4v) is 0.0833. The molecule has 0 aliphatic heterocycles. The highest BCUT2D eigenvalue weighted by Crippen LogP contribution is 2.01. The summed E-state index contributed by atoms with van der Waals surface area (Å²) in [4.78, 5) is 0. The van der Waals surface area contributed by atoms with Crippen LogP contribution in [-0.2, 0) is 9.47 Å². The molecule has 0 unspecified atom stereocenters. The van der Waals surface area contributed by atoms with E-state index in [1.807, 2.05) is 0 Å². The fraction of sp³-hybridized carbons (Fsp3) is 0.800. The molecule has 0 saturated heterocycles. The third kappa shape index (κ3) is 10.2. The van der Waals surface area contributed by atoms with E-state index in [0.29, 0.717) is 0 Å². The Hall–Kier alpha value is -0.830. The molecule has 0 saturated carbocycles. The van der Waals surface area contributed by atoms with E-state index < -0.39 is 5.97 Å². The van der Waals surface area contributed by atoms with Crippen molar-refractivity contribution in [1.82, 2.24) is 0 Å². The fourth-order valence-electron chi connectivity index (χ4n) is 0.0833. The maximum Gasteiger partial charge on any atom is 0.276 e. The molecule has 0 aromatic rings. The standard InChI is InChI=1S/C4H10O3.CH2N2/c1-4(5,6-2)7-3;2-1-3/h5H,1-3H3;2H2. The zero-order valence-corrected chi connectivity index (χ0v) is 6.29. The first-order chi connectivity index (χ1) is 4.54. The first-order valence-electron chi connectivity index (χ1n) is 2.46. The SMILES string of the molecule is COC(C)(O)OC.N#CN. The molecule has 0 heterocycles. The highest BCUT2D eigenvalue weighted by atomic mass is 16.8. The zero-order valence-electron chi connectivity index (χ0n) is 6.29. The maximum atomic E-state index is 8.69. The van der Waals surface area contributed by atoms with Crippen LogP contribution in [0.1, 0.15) is 6.92 Å². The van der Waals surface area contributed by atoms with Crippen LogP contribution in [0.2, 0.25) is 0 Å². The molecule has 0 aromatic carbocycles. The Morgan fingerprint density at radius 2 is 1.70 bits per heavy atom. The molecule has 5 heteroatoms. The second-order valence-electron chi connectivity index (χ2n) is 1.44. The van der Waals surface area contributed by atoms with Crippen molar-refractivity contribution in [1.29, 1.82) is 5.26 Å². The molecular formula is C5H12N2O3. The Morgan fingerprint density at radius 3 is 1.70 bits per heavy atom. The van der Waals surface area contributed by atoms with Crippen LogP contribution in [0.4, 0.5) is 0 Å². The van der Waals surface area contributed by atoms with Crippen molar-refractivity contribution in [2.75, 3.05) is 14.2 Å². The van der Waals surface area contributed by atoms with E-state index in [9.17, 15) is 0 Å². The molecule has 60 valence electrons. The number of nitriles is 1. The number of nitrogens with two attached hydrogens (primary N) is 1. The van der Waals surface area contributed by atoms with Gasteiger partial charge < -0.3 is 20.3 Å². The van der Waals surface area contributed by atoms with Gasteiger partial charge in [0, 0.05) is 21.1 Å². The van der Waals surface area contributed by atoms with E-state index in [0.717, 1.165) is 0 Å². The van der Waals surface area contributed by atoms with Gasteiger partial charge in [0.2, 0.25) is 0 Å². The minimum Gasteiger partial charge on any atom is -0.344 e. The molecule has 0 rings (SSSR count). The van der Waals surface area contributed by atoms with Gasteiger partial charge in [-0.25, -0.2) is 0 Å². The third-order valence-electron chi connectivity index (χ3n) is 0.757. The number of ether oxygens (including phenoxy) is 2. The van der Waals surface area contributed by atoms with Crippen LogP contribution in [0.15, 0.2) is 0 Å². The van der Waals surface area contributed by atoms with Gasteiger partial charge in [-0.3, -0.25) is 0 Å².